The highest BCUT2D eigenvalue weighted by molar-refractivity contribution is 5.35. The second-order valence-corrected chi connectivity index (χ2v) is 3.82. The fourth-order valence-electron chi connectivity index (χ4n) is 1.31. The van der Waals surface area contributed by atoms with Gasteiger partial charge in [0, 0.05) is 5.69 Å². The van der Waals surface area contributed by atoms with Gasteiger partial charge in [0.25, 0.3) is 0 Å². The number of benzene rings is 1. The Morgan fingerprint density at radius 1 is 0.800 bits per heavy atom. The third-order valence-electron chi connectivity index (χ3n) is 2.26. The van der Waals surface area contributed by atoms with E-state index in [1.165, 1.54) is 38.5 Å². The second kappa shape index (κ2) is 11.1. The predicted octanol–water partition coefficient (Wildman–Crippen LogP) is 4.64. The highest BCUT2D eigenvalue weighted by Gasteiger charge is 1.83. The quantitative estimate of drug-likeness (QED) is 0.552. The van der Waals surface area contributed by atoms with Crippen molar-refractivity contribution < 1.29 is 0 Å². The number of hydrogen-bond donors (Lipinski definition) is 1. The molecule has 0 amide bonds. The monoisotopic (exact) mass is 207 g/mol. The van der Waals surface area contributed by atoms with Gasteiger partial charge in [-0.1, -0.05) is 70.6 Å². The molecule has 0 heterocycles. The van der Waals surface area contributed by atoms with Gasteiger partial charge in [0.2, 0.25) is 0 Å². The predicted molar refractivity (Wildman–Crippen MR) is 69.9 cm³/mol. The third-order valence-corrected chi connectivity index (χ3v) is 2.26. The minimum absolute atomic E-state index is 0.822. The first kappa shape index (κ1) is 14.0. The fourth-order valence-corrected chi connectivity index (χ4v) is 1.31. The molecular formula is C14H25N. The van der Waals surface area contributed by atoms with Crippen LogP contribution in [-0.4, -0.2) is 0 Å². The number of para-hydroxylation sites is 1. The molecule has 2 N–H and O–H groups in total. The van der Waals surface area contributed by atoms with Crippen LogP contribution in [0.2, 0.25) is 0 Å². The smallest absolute Gasteiger partial charge is 0.0313 e. The van der Waals surface area contributed by atoms with Gasteiger partial charge in [0.05, 0.1) is 0 Å². The van der Waals surface area contributed by atoms with E-state index in [4.69, 9.17) is 5.73 Å². The van der Waals surface area contributed by atoms with Crippen molar-refractivity contribution in [1.29, 1.82) is 0 Å². The summed E-state index contributed by atoms with van der Waals surface area (Å²) in [4.78, 5) is 0. The van der Waals surface area contributed by atoms with Gasteiger partial charge >= 0.3 is 0 Å². The Bertz CT molecular complexity index is 200. The summed E-state index contributed by atoms with van der Waals surface area (Å²) in [7, 11) is 0. The van der Waals surface area contributed by atoms with Crippen molar-refractivity contribution in [3.8, 4) is 0 Å². The Kier molecular flexibility index (Phi) is 10.4. The van der Waals surface area contributed by atoms with Crippen LogP contribution in [0.3, 0.4) is 0 Å². The summed E-state index contributed by atoms with van der Waals surface area (Å²) in [6, 6.07) is 9.49. The Hall–Kier alpha value is -0.980. The maximum Gasteiger partial charge on any atom is 0.0313 e. The Morgan fingerprint density at radius 3 is 1.53 bits per heavy atom. The lowest BCUT2D eigenvalue weighted by atomic mass is 10.1. The van der Waals surface area contributed by atoms with E-state index in [2.05, 4.69) is 13.8 Å². The molecule has 0 aliphatic carbocycles. The number of nitrogens with two attached hydrogens (primary N) is 1. The van der Waals surface area contributed by atoms with E-state index in [-0.39, 0.29) is 0 Å². The standard InChI is InChI=1S/C8H18.C6H7N/c1-3-5-7-8-6-4-2;7-6-4-2-1-3-5-6/h3-8H2,1-2H3;1-5H,7H2. The van der Waals surface area contributed by atoms with Gasteiger partial charge in [-0.3, -0.25) is 0 Å². The molecule has 1 heteroatoms. The SMILES string of the molecule is CCCCCCCC.Nc1ccccc1. The minimum Gasteiger partial charge on any atom is -0.399 e. The third kappa shape index (κ3) is 10.9. The van der Waals surface area contributed by atoms with Crippen LogP contribution >= 0.6 is 0 Å². The molecule has 1 nitrogen and oxygen atoms in total. The molecule has 0 aliphatic rings. The molecule has 0 spiro atoms. The average Bonchev–Trinajstić information content (AvgIpc) is 2.27. The van der Waals surface area contributed by atoms with Crippen LogP contribution in [0.1, 0.15) is 52.4 Å². The first-order valence-corrected chi connectivity index (χ1v) is 6.11. The molecule has 0 fully saturated rings. The maximum absolute atomic E-state index is 5.36. The molecule has 0 saturated heterocycles. The van der Waals surface area contributed by atoms with Crippen LogP contribution in [0.5, 0.6) is 0 Å². The van der Waals surface area contributed by atoms with E-state index in [9.17, 15) is 0 Å². The molecule has 0 bridgehead atoms. The number of nitrogen functional groups attached to an aromatic ring is 1. The van der Waals surface area contributed by atoms with Crippen LogP contribution in [0.4, 0.5) is 5.69 Å². The van der Waals surface area contributed by atoms with Crippen LogP contribution < -0.4 is 5.73 Å². The molecular weight excluding hydrogens is 182 g/mol. The van der Waals surface area contributed by atoms with Crippen LogP contribution in [0.15, 0.2) is 30.3 Å². The first-order valence-electron chi connectivity index (χ1n) is 6.11. The molecule has 1 aromatic carbocycles. The summed E-state index contributed by atoms with van der Waals surface area (Å²) in [6.07, 6.45) is 8.49. The van der Waals surface area contributed by atoms with Crippen molar-refractivity contribution in [1.82, 2.24) is 0 Å². The van der Waals surface area contributed by atoms with E-state index in [0.29, 0.717) is 0 Å². The van der Waals surface area contributed by atoms with Gasteiger partial charge in [-0.2, -0.15) is 0 Å². The van der Waals surface area contributed by atoms with E-state index in [1.807, 2.05) is 30.3 Å². The molecule has 0 saturated carbocycles. The number of hydrogen-bond acceptors (Lipinski definition) is 1. The highest BCUT2D eigenvalue weighted by Crippen LogP contribution is 2.03. The molecule has 86 valence electrons. The minimum atomic E-state index is 0.822. The number of anilines is 1. The van der Waals surface area contributed by atoms with E-state index in [1.54, 1.807) is 0 Å². The molecule has 1 aromatic rings. The summed E-state index contributed by atoms with van der Waals surface area (Å²) in [5.41, 5.74) is 6.18. The Labute approximate surface area is 94.7 Å². The Morgan fingerprint density at radius 2 is 1.27 bits per heavy atom. The molecule has 0 aromatic heterocycles. The molecule has 0 unspecified atom stereocenters. The van der Waals surface area contributed by atoms with Gasteiger partial charge in [-0.25, -0.2) is 0 Å². The van der Waals surface area contributed by atoms with Gasteiger partial charge in [0.1, 0.15) is 0 Å². The van der Waals surface area contributed by atoms with Gasteiger partial charge < -0.3 is 5.73 Å². The van der Waals surface area contributed by atoms with Gasteiger partial charge in [-0.05, 0) is 12.1 Å². The van der Waals surface area contributed by atoms with Crippen LogP contribution in [0.25, 0.3) is 0 Å². The lowest BCUT2D eigenvalue weighted by molar-refractivity contribution is 0.624. The van der Waals surface area contributed by atoms with Crippen LogP contribution in [0, 0.1) is 0 Å². The van der Waals surface area contributed by atoms with Gasteiger partial charge in [-0.15, -0.1) is 0 Å². The molecule has 0 atom stereocenters. The first-order chi connectivity index (χ1) is 7.31. The summed E-state index contributed by atoms with van der Waals surface area (Å²) in [5, 5.41) is 0. The van der Waals surface area contributed by atoms with Gasteiger partial charge in [0.15, 0.2) is 0 Å². The van der Waals surface area contributed by atoms with Crippen molar-refractivity contribution in [3.63, 3.8) is 0 Å². The molecule has 1 rings (SSSR count). The van der Waals surface area contributed by atoms with E-state index >= 15 is 0 Å². The molecule has 15 heavy (non-hydrogen) atoms. The maximum atomic E-state index is 5.36. The Balaban J connectivity index is 0.000000262. The topological polar surface area (TPSA) is 26.0 Å². The zero-order valence-electron chi connectivity index (χ0n) is 10.2. The zero-order valence-corrected chi connectivity index (χ0v) is 10.2. The number of unbranched alkanes of at least 4 members (excludes halogenated alkanes) is 5. The lowest BCUT2D eigenvalue weighted by Gasteiger charge is -1.93. The molecule has 0 aliphatic heterocycles. The van der Waals surface area contributed by atoms with Crippen LogP contribution in [-0.2, 0) is 0 Å². The summed E-state index contributed by atoms with van der Waals surface area (Å²) >= 11 is 0. The van der Waals surface area contributed by atoms with Crippen molar-refractivity contribution >= 4 is 5.69 Å². The summed E-state index contributed by atoms with van der Waals surface area (Å²) < 4.78 is 0. The molecule has 0 radical (unpaired) electrons. The number of rotatable bonds is 5. The van der Waals surface area contributed by atoms with Crippen molar-refractivity contribution in [3.05, 3.63) is 30.3 Å². The van der Waals surface area contributed by atoms with Crippen molar-refractivity contribution in [2.24, 2.45) is 0 Å². The summed E-state index contributed by atoms with van der Waals surface area (Å²) in [6.45, 7) is 4.51. The summed E-state index contributed by atoms with van der Waals surface area (Å²) in [5.74, 6) is 0. The normalized spacial score (nSPS) is 9.20. The lowest BCUT2D eigenvalue weighted by Crippen LogP contribution is -1.79. The largest absolute Gasteiger partial charge is 0.399 e. The van der Waals surface area contributed by atoms with Crippen molar-refractivity contribution in [2.75, 3.05) is 5.73 Å². The van der Waals surface area contributed by atoms with E-state index < -0.39 is 0 Å². The highest BCUT2D eigenvalue weighted by atomic mass is 14.5. The van der Waals surface area contributed by atoms with Crippen molar-refractivity contribution in [2.45, 2.75) is 52.4 Å². The van der Waals surface area contributed by atoms with E-state index in [0.717, 1.165) is 5.69 Å². The average molecular weight is 207 g/mol. The second-order valence-electron chi connectivity index (χ2n) is 3.82. The fraction of sp³-hybridized carbons (Fsp3) is 0.571. The zero-order chi connectivity index (χ0) is 11.4.